The number of hydrogen-bond donors (Lipinski definition) is 1. The van der Waals surface area contributed by atoms with Gasteiger partial charge in [-0.05, 0) is 6.07 Å². The van der Waals surface area contributed by atoms with Crippen LogP contribution in [0, 0.1) is 11.6 Å². The number of hydrogen-bond acceptors (Lipinski definition) is 4. The van der Waals surface area contributed by atoms with Crippen molar-refractivity contribution in [3.63, 3.8) is 0 Å². The maximum atomic E-state index is 13.7. The molecule has 116 valence electrons. The Bertz CT molecular complexity index is 671. The lowest BCUT2D eigenvalue weighted by molar-refractivity contribution is 0.0693. The average molecular weight is 319 g/mol. The fourth-order valence-electron chi connectivity index (χ4n) is 2.12. The fraction of sp³-hybridized carbons (Fsp3) is 0.417. The van der Waals surface area contributed by atoms with Crippen molar-refractivity contribution in [3.05, 3.63) is 29.3 Å². The number of benzene rings is 1. The van der Waals surface area contributed by atoms with Crippen molar-refractivity contribution in [2.45, 2.75) is 0 Å². The highest BCUT2D eigenvalue weighted by molar-refractivity contribution is 7.88. The zero-order valence-corrected chi connectivity index (χ0v) is 12.2. The summed E-state index contributed by atoms with van der Waals surface area (Å²) in [4.78, 5) is 13.5. The number of carbonyl (C=O) groups is 1. The monoisotopic (exact) mass is 319 g/mol. The number of sulfonamides is 1. The van der Waals surface area contributed by atoms with E-state index >= 15 is 0 Å². The number of carbonyl (C=O) groups excluding carboxylic acids is 1. The van der Waals surface area contributed by atoms with E-state index in [-0.39, 0.29) is 37.4 Å². The molecule has 6 nitrogen and oxygen atoms in total. The molecule has 0 aliphatic carbocycles. The first-order valence-electron chi connectivity index (χ1n) is 6.19. The van der Waals surface area contributed by atoms with E-state index in [9.17, 15) is 22.0 Å². The Labute approximate surface area is 121 Å². The van der Waals surface area contributed by atoms with Gasteiger partial charge in [-0.3, -0.25) is 4.79 Å². The second kappa shape index (κ2) is 5.57. The third-order valence-electron chi connectivity index (χ3n) is 3.31. The Balaban J connectivity index is 2.14. The molecule has 0 radical (unpaired) electrons. The van der Waals surface area contributed by atoms with Crippen LogP contribution in [0.5, 0.6) is 0 Å². The minimum absolute atomic E-state index is 0.141. The number of nitrogen functional groups attached to an aromatic ring is 1. The lowest BCUT2D eigenvalue weighted by Crippen LogP contribution is -2.50. The average Bonchev–Trinajstić information content (AvgIpc) is 2.41. The molecule has 1 aromatic carbocycles. The molecule has 2 rings (SSSR count). The summed E-state index contributed by atoms with van der Waals surface area (Å²) in [7, 11) is -3.31. The summed E-state index contributed by atoms with van der Waals surface area (Å²) < 4.78 is 50.7. The molecular formula is C12H15F2N3O3S. The summed E-state index contributed by atoms with van der Waals surface area (Å²) in [6, 6.07) is 1.52. The molecule has 0 saturated carbocycles. The van der Waals surface area contributed by atoms with Crippen LogP contribution in [0.3, 0.4) is 0 Å². The number of nitrogens with two attached hydrogens (primary N) is 1. The molecule has 9 heteroatoms. The molecule has 21 heavy (non-hydrogen) atoms. The van der Waals surface area contributed by atoms with Gasteiger partial charge in [0.15, 0.2) is 0 Å². The summed E-state index contributed by atoms with van der Waals surface area (Å²) in [5, 5.41) is 0. The maximum Gasteiger partial charge on any atom is 0.256 e. The highest BCUT2D eigenvalue weighted by Gasteiger charge is 2.28. The minimum Gasteiger partial charge on any atom is -0.396 e. The molecule has 1 heterocycles. The Hall–Kier alpha value is -1.74. The van der Waals surface area contributed by atoms with E-state index in [4.69, 9.17) is 5.73 Å². The summed E-state index contributed by atoms with van der Waals surface area (Å²) in [5.41, 5.74) is 4.71. The van der Waals surface area contributed by atoms with Gasteiger partial charge < -0.3 is 10.6 Å². The van der Waals surface area contributed by atoms with Gasteiger partial charge in [0, 0.05) is 32.2 Å². The molecule has 0 spiro atoms. The van der Waals surface area contributed by atoms with Gasteiger partial charge in [0.2, 0.25) is 10.0 Å². The standard InChI is InChI=1S/C12H15F2N3O3S/c1-21(19,20)17-4-2-16(3-5-17)12(18)8-6-11(15)10(14)7-9(8)13/h6-7H,2-5,15H2,1H3. The van der Waals surface area contributed by atoms with Crippen LogP contribution in [0.4, 0.5) is 14.5 Å². The molecule has 1 saturated heterocycles. The highest BCUT2D eigenvalue weighted by Crippen LogP contribution is 2.19. The van der Waals surface area contributed by atoms with Crippen molar-refractivity contribution in [2.75, 3.05) is 38.2 Å². The van der Waals surface area contributed by atoms with Crippen molar-refractivity contribution in [1.29, 1.82) is 0 Å². The van der Waals surface area contributed by atoms with Crippen LogP contribution < -0.4 is 5.73 Å². The smallest absolute Gasteiger partial charge is 0.256 e. The van der Waals surface area contributed by atoms with Gasteiger partial charge in [-0.25, -0.2) is 17.2 Å². The second-order valence-corrected chi connectivity index (χ2v) is 6.79. The van der Waals surface area contributed by atoms with Crippen LogP contribution in [0.25, 0.3) is 0 Å². The predicted molar refractivity (Wildman–Crippen MR) is 73.1 cm³/mol. The molecule has 1 fully saturated rings. The molecule has 1 aliphatic rings. The van der Waals surface area contributed by atoms with Gasteiger partial charge in [0.1, 0.15) is 11.6 Å². The quantitative estimate of drug-likeness (QED) is 0.793. The van der Waals surface area contributed by atoms with Gasteiger partial charge >= 0.3 is 0 Å². The Morgan fingerprint density at radius 3 is 2.24 bits per heavy atom. The number of halogens is 2. The van der Waals surface area contributed by atoms with Crippen molar-refractivity contribution >= 4 is 21.6 Å². The molecule has 0 unspecified atom stereocenters. The largest absolute Gasteiger partial charge is 0.396 e. The van der Waals surface area contributed by atoms with Crippen LogP contribution in [0.1, 0.15) is 10.4 Å². The normalized spacial score (nSPS) is 17.0. The molecule has 0 aromatic heterocycles. The van der Waals surface area contributed by atoms with Crippen LogP contribution in [0.2, 0.25) is 0 Å². The van der Waals surface area contributed by atoms with E-state index in [1.807, 2.05) is 0 Å². The van der Waals surface area contributed by atoms with E-state index in [0.29, 0.717) is 6.07 Å². The molecule has 1 amide bonds. The van der Waals surface area contributed by atoms with Gasteiger partial charge in [0.25, 0.3) is 5.91 Å². The number of nitrogens with zero attached hydrogens (tertiary/aromatic N) is 2. The van der Waals surface area contributed by atoms with Gasteiger partial charge in [-0.2, -0.15) is 4.31 Å². The van der Waals surface area contributed by atoms with E-state index in [1.165, 1.54) is 9.21 Å². The third-order valence-corrected chi connectivity index (χ3v) is 4.61. The molecule has 0 atom stereocenters. The Kier molecular flexibility index (Phi) is 4.15. The minimum atomic E-state index is -3.31. The van der Waals surface area contributed by atoms with E-state index in [2.05, 4.69) is 0 Å². The Morgan fingerprint density at radius 2 is 1.71 bits per heavy atom. The fourth-order valence-corrected chi connectivity index (χ4v) is 2.95. The molecular weight excluding hydrogens is 304 g/mol. The zero-order valence-electron chi connectivity index (χ0n) is 11.3. The van der Waals surface area contributed by atoms with Crippen molar-refractivity contribution in [1.82, 2.24) is 9.21 Å². The van der Waals surface area contributed by atoms with Crippen LogP contribution in [-0.2, 0) is 10.0 Å². The van der Waals surface area contributed by atoms with Gasteiger partial charge in [-0.15, -0.1) is 0 Å². The summed E-state index contributed by atoms with van der Waals surface area (Å²) in [6.07, 6.45) is 1.09. The lowest BCUT2D eigenvalue weighted by Gasteiger charge is -2.33. The second-order valence-electron chi connectivity index (χ2n) is 4.81. The summed E-state index contributed by atoms with van der Waals surface area (Å²) in [5.74, 6) is -2.55. The SMILES string of the molecule is CS(=O)(=O)N1CCN(C(=O)c2cc(N)c(F)cc2F)CC1. The molecule has 1 aromatic rings. The summed E-state index contributed by atoms with van der Waals surface area (Å²) in [6.45, 7) is 0.566. The van der Waals surface area contributed by atoms with Crippen molar-refractivity contribution < 1.29 is 22.0 Å². The van der Waals surface area contributed by atoms with Crippen molar-refractivity contribution in [3.8, 4) is 0 Å². The lowest BCUT2D eigenvalue weighted by atomic mass is 10.1. The topological polar surface area (TPSA) is 83.7 Å². The zero-order chi connectivity index (χ0) is 15.8. The molecule has 0 bridgehead atoms. The first-order valence-corrected chi connectivity index (χ1v) is 8.04. The molecule has 1 aliphatic heterocycles. The van der Waals surface area contributed by atoms with E-state index < -0.39 is 27.6 Å². The maximum absolute atomic E-state index is 13.7. The van der Waals surface area contributed by atoms with E-state index in [1.54, 1.807) is 0 Å². The first kappa shape index (κ1) is 15.6. The predicted octanol–water partition coefficient (Wildman–Crippen LogP) is 0.264. The van der Waals surface area contributed by atoms with Crippen LogP contribution in [0.15, 0.2) is 12.1 Å². The highest BCUT2D eigenvalue weighted by atomic mass is 32.2. The summed E-state index contributed by atoms with van der Waals surface area (Å²) >= 11 is 0. The number of amides is 1. The number of anilines is 1. The Morgan fingerprint density at radius 1 is 1.14 bits per heavy atom. The number of piperazine rings is 1. The molecule has 2 N–H and O–H groups in total. The first-order chi connectivity index (χ1) is 9.70. The van der Waals surface area contributed by atoms with Gasteiger partial charge in [0.05, 0.1) is 17.5 Å². The van der Waals surface area contributed by atoms with Crippen molar-refractivity contribution in [2.24, 2.45) is 0 Å². The van der Waals surface area contributed by atoms with Gasteiger partial charge in [-0.1, -0.05) is 0 Å². The van der Waals surface area contributed by atoms with Crippen LogP contribution >= 0.6 is 0 Å². The number of rotatable bonds is 2. The van der Waals surface area contributed by atoms with E-state index in [0.717, 1.165) is 12.3 Å². The third kappa shape index (κ3) is 3.30. The van der Waals surface area contributed by atoms with Crippen LogP contribution in [-0.4, -0.2) is 56.0 Å².